The van der Waals surface area contributed by atoms with E-state index in [0.717, 1.165) is 24.2 Å². The molecule has 0 aliphatic rings. The van der Waals surface area contributed by atoms with Gasteiger partial charge in [0.05, 0.1) is 0 Å². The van der Waals surface area contributed by atoms with Gasteiger partial charge in [-0.15, -0.1) is 0 Å². The smallest absolute Gasteiger partial charge is 0.122 e. The second-order valence-corrected chi connectivity index (χ2v) is 4.18. The van der Waals surface area contributed by atoms with Crippen LogP contribution in [-0.2, 0) is 0 Å². The monoisotopic (exact) mass is 222 g/mol. The number of hydrogen-bond acceptors (Lipinski definition) is 3. The van der Waals surface area contributed by atoms with Gasteiger partial charge in [-0.25, -0.2) is 0 Å². The van der Waals surface area contributed by atoms with Crippen molar-refractivity contribution < 1.29 is 5.11 Å². The normalized spacial score (nSPS) is 12.5. The van der Waals surface area contributed by atoms with Gasteiger partial charge in [0.1, 0.15) is 5.75 Å². The van der Waals surface area contributed by atoms with E-state index < -0.39 is 0 Å². The van der Waals surface area contributed by atoms with Crippen LogP contribution in [0.15, 0.2) is 18.2 Å². The summed E-state index contributed by atoms with van der Waals surface area (Å²) in [5, 5.41) is 13.1. The molecule has 0 aromatic heterocycles. The Morgan fingerprint density at radius 3 is 2.62 bits per heavy atom. The fraction of sp³-hybridized carbons (Fsp3) is 0.538. The zero-order valence-corrected chi connectivity index (χ0v) is 10.6. The highest BCUT2D eigenvalue weighted by molar-refractivity contribution is 5.53. The number of rotatable bonds is 5. The molecule has 1 atom stereocenters. The molecule has 0 bridgehead atoms. The van der Waals surface area contributed by atoms with Crippen LogP contribution in [-0.4, -0.2) is 25.7 Å². The van der Waals surface area contributed by atoms with Crippen LogP contribution in [0.2, 0.25) is 0 Å². The molecule has 0 aliphatic carbocycles. The van der Waals surface area contributed by atoms with Crippen molar-refractivity contribution in [1.82, 2.24) is 5.32 Å². The van der Waals surface area contributed by atoms with Crippen LogP contribution < -0.4 is 10.2 Å². The zero-order valence-electron chi connectivity index (χ0n) is 10.6. The number of nitrogens with zero attached hydrogens (tertiary/aromatic N) is 1. The molecule has 0 fully saturated rings. The Kier molecular flexibility index (Phi) is 4.62. The third kappa shape index (κ3) is 2.89. The molecule has 1 unspecified atom stereocenters. The Bertz CT molecular complexity index is 339. The van der Waals surface area contributed by atoms with Gasteiger partial charge in [0.15, 0.2) is 0 Å². The first kappa shape index (κ1) is 12.8. The van der Waals surface area contributed by atoms with E-state index in [1.807, 2.05) is 33.2 Å². The van der Waals surface area contributed by atoms with Gasteiger partial charge in [-0.3, -0.25) is 0 Å². The van der Waals surface area contributed by atoms with Crippen LogP contribution in [0.3, 0.4) is 0 Å². The number of phenols is 1. The Morgan fingerprint density at radius 2 is 2.12 bits per heavy atom. The average Bonchev–Trinajstić information content (AvgIpc) is 2.28. The number of nitrogens with one attached hydrogen (secondary N) is 1. The molecule has 0 radical (unpaired) electrons. The highest BCUT2D eigenvalue weighted by atomic mass is 16.3. The molecule has 0 saturated carbocycles. The molecule has 1 rings (SSSR count). The quantitative estimate of drug-likeness (QED) is 0.803. The maximum absolute atomic E-state index is 9.94. The van der Waals surface area contributed by atoms with Crippen molar-refractivity contribution in [2.24, 2.45) is 0 Å². The lowest BCUT2D eigenvalue weighted by Gasteiger charge is -2.20. The maximum Gasteiger partial charge on any atom is 0.122 e. The van der Waals surface area contributed by atoms with E-state index in [2.05, 4.69) is 23.2 Å². The summed E-state index contributed by atoms with van der Waals surface area (Å²) in [7, 11) is 3.93. The highest BCUT2D eigenvalue weighted by Crippen LogP contribution is 2.28. The molecular formula is C13H22N2O. The third-order valence-electron chi connectivity index (χ3n) is 2.91. The maximum atomic E-state index is 9.94. The molecule has 3 nitrogen and oxygen atoms in total. The Hall–Kier alpha value is -1.22. The number of anilines is 1. The number of aromatic hydroxyl groups is 1. The van der Waals surface area contributed by atoms with Gasteiger partial charge < -0.3 is 15.3 Å². The number of phenolic OH excluding ortho intramolecular Hbond substituents is 1. The summed E-state index contributed by atoms with van der Waals surface area (Å²) in [5.74, 6) is 0.363. The van der Waals surface area contributed by atoms with Crippen molar-refractivity contribution in [1.29, 1.82) is 0 Å². The van der Waals surface area contributed by atoms with Crippen molar-refractivity contribution in [2.75, 3.05) is 25.5 Å². The summed E-state index contributed by atoms with van der Waals surface area (Å²) in [4.78, 5) is 2.15. The van der Waals surface area contributed by atoms with Crippen LogP contribution in [0.4, 0.5) is 5.69 Å². The second kappa shape index (κ2) is 5.75. The summed E-state index contributed by atoms with van der Waals surface area (Å²) >= 11 is 0. The molecule has 0 spiro atoms. The summed E-state index contributed by atoms with van der Waals surface area (Å²) in [6.07, 6.45) is 1.10. The van der Waals surface area contributed by atoms with Crippen molar-refractivity contribution >= 4 is 5.69 Å². The minimum Gasteiger partial charge on any atom is -0.508 e. The first-order chi connectivity index (χ1) is 7.60. The lowest BCUT2D eigenvalue weighted by Crippen LogP contribution is -2.18. The van der Waals surface area contributed by atoms with Gasteiger partial charge in [-0.1, -0.05) is 13.0 Å². The Morgan fingerprint density at radius 1 is 1.44 bits per heavy atom. The fourth-order valence-corrected chi connectivity index (χ4v) is 1.76. The lowest BCUT2D eigenvalue weighted by molar-refractivity contribution is 0.458. The van der Waals surface area contributed by atoms with Gasteiger partial charge in [0.25, 0.3) is 0 Å². The Balaban J connectivity index is 2.90. The molecule has 1 aromatic rings. The van der Waals surface area contributed by atoms with E-state index in [9.17, 15) is 5.11 Å². The van der Waals surface area contributed by atoms with E-state index in [-0.39, 0.29) is 6.04 Å². The van der Waals surface area contributed by atoms with E-state index in [1.165, 1.54) is 0 Å². The van der Waals surface area contributed by atoms with Gasteiger partial charge >= 0.3 is 0 Å². The summed E-state index contributed by atoms with van der Waals surface area (Å²) in [5.41, 5.74) is 2.00. The van der Waals surface area contributed by atoms with Crippen LogP contribution in [0, 0.1) is 0 Å². The van der Waals surface area contributed by atoms with Crippen LogP contribution >= 0.6 is 0 Å². The van der Waals surface area contributed by atoms with Crippen molar-refractivity contribution in [3.63, 3.8) is 0 Å². The molecule has 2 N–H and O–H groups in total. The average molecular weight is 222 g/mol. The molecule has 0 aliphatic heterocycles. The molecule has 0 heterocycles. The van der Waals surface area contributed by atoms with Crippen LogP contribution in [0.5, 0.6) is 5.75 Å². The van der Waals surface area contributed by atoms with Crippen molar-refractivity contribution in [2.45, 2.75) is 26.3 Å². The zero-order chi connectivity index (χ0) is 12.1. The predicted octanol–water partition coefficient (Wildman–Crippen LogP) is 2.52. The minimum atomic E-state index is 0.172. The van der Waals surface area contributed by atoms with Gasteiger partial charge in [-0.2, -0.15) is 0 Å². The van der Waals surface area contributed by atoms with Gasteiger partial charge in [0, 0.05) is 37.0 Å². The standard InChI is InChI=1S/C13H22N2O/c1-5-8-15(4)11-6-7-12(10(2)14-3)13(16)9-11/h6-7,9-10,14,16H,5,8H2,1-4H3. The molecular weight excluding hydrogens is 200 g/mol. The predicted molar refractivity (Wildman–Crippen MR) is 69.1 cm³/mol. The first-order valence-corrected chi connectivity index (χ1v) is 5.81. The number of hydrogen-bond donors (Lipinski definition) is 2. The van der Waals surface area contributed by atoms with Crippen molar-refractivity contribution in [3.05, 3.63) is 23.8 Å². The summed E-state index contributed by atoms with van der Waals surface area (Å²) in [6, 6.07) is 6.04. The highest BCUT2D eigenvalue weighted by Gasteiger charge is 2.10. The van der Waals surface area contributed by atoms with Crippen LogP contribution in [0.25, 0.3) is 0 Å². The molecule has 0 saturated heterocycles. The Labute approximate surface area is 98.1 Å². The van der Waals surface area contributed by atoms with E-state index in [1.54, 1.807) is 0 Å². The van der Waals surface area contributed by atoms with E-state index in [4.69, 9.17) is 0 Å². The third-order valence-corrected chi connectivity index (χ3v) is 2.91. The van der Waals surface area contributed by atoms with E-state index in [0.29, 0.717) is 5.75 Å². The van der Waals surface area contributed by atoms with Crippen molar-refractivity contribution in [3.8, 4) is 5.75 Å². The van der Waals surface area contributed by atoms with Crippen LogP contribution in [0.1, 0.15) is 31.9 Å². The topological polar surface area (TPSA) is 35.5 Å². The largest absolute Gasteiger partial charge is 0.508 e. The van der Waals surface area contributed by atoms with Gasteiger partial charge in [0.2, 0.25) is 0 Å². The lowest BCUT2D eigenvalue weighted by atomic mass is 10.1. The molecule has 16 heavy (non-hydrogen) atoms. The molecule has 1 aromatic carbocycles. The molecule has 0 amide bonds. The number of benzene rings is 1. The summed E-state index contributed by atoms with van der Waals surface area (Å²) in [6.45, 7) is 5.18. The minimum absolute atomic E-state index is 0.172. The van der Waals surface area contributed by atoms with Gasteiger partial charge in [-0.05, 0) is 26.5 Å². The fourth-order valence-electron chi connectivity index (χ4n) is 1.76. The SMILES string of the molecule is CCCN(C)c1ccc(C(C)NC)c(O)c1. The van der Waals surface area contributed by atoms with E-state index >= 15 is 0 Å². The first-order valence-electron chi connectivity index (χ1n) is 5.81. The molecule has 3 heteroatoms. The summed E-state index contributed by atoms with van der Waals surface area (Å²) < 4.78 is 0. The second-order valence-electron chi connectivity index (χ2n) is 4.18. The molecule has 90 valence electrons.